The van der Waals surface area contributed by atoms with E-state index in [1.165, 1.54) is 6.33 Å². The van der Waals surface area contributed by atoms with Crippen molar-refractivity contribution in [2.24, 2.45) is 0 Å². The number of hydrogen-bond acceptors (Lipinski definition) is 7. The predicted molar refractivity (Wildman–Crippen MR) is 117 cm³/mol. The van der Waals surface area contributed by atoms with Crippen molar-refractivity contribution in [1.82, 2.24) is 9.97 Å². The molecule has 8 heteroatoms. The zero-order valence-electron chi connectivity index (χ0n) is 15.8. The average Bonchev–Trinajstić information content (AvgIpc) is 2.79. The van der Waals surface area contributed by atoms with E-state index in [2.05, 4.69) is 20.7 Å². The molecule has 0 aliphatic carbocycles. The van der Waals surface area contributed by atoms with Crippen LogP contribution >= 0.6 is 0 Å². The van der Waals surface area contributed by atoms with Crippen molar-refractivity contribution in [1.29, 1.82) is 0 Å². The molecule has 0 bridgehead atoms. The van der Waals surface area contributed by atoms with Crippen LogP contribution in [0.5, 0.6) is 0 Å². The largest absolute Gasteiger partial charge is 0.355 e. The lowest BCUT2D eigenvalue weighted by atomic mass is 10.2. The fourth-order valence-electron chi connectivity index (χ4n) is 2.92. The number of anilines is 5. The lowest BCUT2D eigenvalue weighted by molar-refractivity contribution is -0.383. The molecule has 2 N–H and O–H groups in total. The van der Waals surface area contributed by atoms with Crippen LogP contribution < -0.4 is 15.8 Å². The van der Waals surface area contributed by atoms with E-state index in [0.29, 0.717) is 5.69 Å². The first-order valence-electron chi connectivity index (χ1n) is 9.21. The van der Waals surface area contributed by atoms with Gasteiger partial charge in [0.25, 0.3) is 0 Å². The fraction of sp³-hybridized carbons (Fsp3) is 0. The molecule has 0 spiro atoms. The standard InChI is InChI=1S/C22H18N6O2/c29-28(30)20-21(25-17-10-4-1-5-11-17)23-16-24-22(20)26-27(18-12-6-2-7-13-18)19-14-8-3-9-15-19/h1-16H,(H2,23,24,25,26). The van der Waals surface area contributed by atoms with Crippen LogP contribution in [0.25, 0.3) is 0 Å². The van der Waals surface area contributed by atoms with Crippen LogP contribution in [-0.2, 0) is 0 Å². The summed E-state index contributed by atoms with van der Waals surface area (Å²) in [4.78, 5) is 19.6. The number of hydrogen-bond donors (Lipinski definition) is 2. The molecule has 4 rings (SSSR count). The summed E-state index contributed by atoms with van der Waals surface area (Å²) in [6.45, 7) is 0. The van der Waals surface area contributed by atoms with Crippen molar-refractivity contribution < 1.29 is 4.92 Å². The summed E-state index contributed by atoms with van der Waals surface area (Å²) < 4.78 is 0. The van der Waals surface area contributed by atoms with E-state index in [4.69, 9.17) is 0 Å². The SMILES string of the molecule is O=[N+]([O-])c1c(Nc2ccccc2)ncnc1NN(c1ccccc1)c1ccccc1. The summed E-state index contributed by atoms with van der Waals surface area (Å²) in [6, 6.07) is 28.1. The molecule has 8 nitrogen and oxygen atoms in total. The molecule has 4 aromatic rings. The van der Waals surface area contributed by atoms with Crippen LogP contribution in [0.1, 0.15) is 0 Å². The number of nitrogens with zero attached hydrogens (tertiary/aromatic N) is 4. The second kappa shape index (κ2) is 8.70. The quantitative estimate of drug-likeness (QED) is 0.322. The van der Waals surface area contributed by atoms with Gasteiger partial charge < -0.3 is 5.32 Å². The maximum absolute atomic E-state index is 11.9. The Kier molecular flexibility index (Phi) is 5.47. The van der Waals surface area contributed by atoms with Gasteiger partial charge in [-0.15, -0.1) is 0 Å². The zero-order chi connectivity index (χ0) is 20.8. The highest BCUT2D eigenvalue weighted by Crippen LogP contribution is 2.34. The van der Waals surface area contributed by atoms with E-state index in [9.17, 15) is 10.1 Å². The van der Waals surface area contributed by atoms with Gasteiger partial charge >= 0.3 is 5.69 Å². The Morgan fingerprint density at radius 3 is 1.77 bits per heavy atom. The molecule has 1 heterocycles. The lowest BCUT2D eigenvalue weighted by Crippen LogP contribution is -2.26. The Morgan fingerprint density at radius 2 is 1.23 bits per heavy atom. The van der Waals surface area contributed by atoms with Crippen molar-refractivity contribution >= 4 is 34.4 Å². The Hall–Kier alpha value is -4.46. The van der Waals surface area contributed by atoms with E-state index < -0.39 is 4.92 Å². The summed E-state index contributed by atoms with van der Waals surface area (Å²) in [5.41, 5.74) is 5.13. The number of benzene rings is 3. The molecular formula is C22H18N6O2. The maximum atomic E-state index is 11.9. The first-order valence-corrected chi connectivity index (χ1v) is 9.21. The average molecular weight is 398 g/mol. The monoisotopic (exact) mass is 398 g/mol. The fourth-order valence-corrected chi connectivity index (χ4v) is 2.92. The van der Waals surface area contributed by atoms with E-state index in [0.717, 1.165) is 11.4 Å². The summed E-state index contributed by atoms with van der Waals surface area (Å²) in [7, 11) is 0. The van der Waals surface area contributed by atoms with Crippen LogP contribution in [-0.4, -0.2) is 14.9 Å². The van der Waals surface area contributed by atoms with Crippen LogP contribution in [0.2, 0.25) is 0 Å². The second-order valence-electron chi connectivity index (χ2n) is 6.29. The van der Waals surface area contributed by atoms with Gasteiger partial charge in [-0.2, -0.15) is 0 Å². The molecule has 0 aliphatic heterocycles. The normalized spacial score (nSPS) is 10.3. The minimum atomic E-state index is -0.498. The van der Waals surface area contributed by atoms with Crippen molar-refractivity contribution in [2.45, 2.75) is 0 Å². The third-order valence-electron chi connectivity index (χ3n) is 4.29. The van der Waals surface area contributed by atoms with Gasteiger partial charge in [0.2, 0.25) is 11.6 Å². The molecule has 0 aliphatic rings. The lowest BCUT2D eigenvalue weighted by Gasteiger charge is -2.26. The van der Waals surface area contributed by atoms with Crippen molar-refractivity contribution in [3.8, 4) is 0 Å². The number of para-hydroxylation sites is 3. The molecule has 1 aromatic heterocycles. The van der Waals surface area contributed by atoms with Gasteiger partial charge in [-0.05, 0) is 36.4 Å². The Labute approximate surface area is 173 Å². The zero-order valence-corrected chi connectivity index (χ0v) is 15.8. The van der Waals surface area contributed by atoms with Gasteiger partial charge in [0, 0.05) is 5.69 Å². The molecule has 0 radical (unpaired) electrons. The second-order valence-corrected chi connectivity index (χ2v) is 6.29. The maximum Gasteiger partial charge on any atom is 0.355 e. The highest BCUT2D eigenvalue weighted by molar-refractivity contribution is 5.77. The van der Waals surface area contributed by atoms with E-state index >= 15 is 0 Å². The van der Waals surface area contributed by atoms with Gasteiger partial charge in [0.1, 0.15) is 6.33 Å². The molecule has 148 valence electrons. The highest BCUT2D eigenvalue weighted by Gasteiger charge is 2.25. The Morgan fingerprint density at radius 1 is 0.733 bits per heavy atom. The molecule has 0 unspecified atom stereocenters. The topological polar surface area (TPSA) is 96.2 Å². The van der Waals surface area contributed by atoms with E-state index in [1.54, 1.807) is 17.1 Å². The number of nitrogens with one attached hydrogen (secondary N) is 2. The Bertz CT molecular complexity index is 1080. The number of rotatable bonds is 7. The summed E-state index contributed by atoms with van der Waals surface area (Å²) in [6.07, 6.45) is 1.29. The third kappa shape index (κ3) is 4.17. The third-order valence-corrected chi connectivity index (χ3v) is 4.29. The number of hydrazine groups is 1. The van der Waals surface area contributed by atoms with Crippen LogP contribution in [0.15, 0.2) is 97.3 Å². The summed E-state index contributed by atoms with van der Waals surface area (Å²) in [5.74, 6) is 0.172. The summed E-state index contributed by atoms with van der Waals surface area (Å²) in [5, 5.41) is 16.6. The van der Waals surface area contributed by atoms with Crippen molar-refractivity contribution in [2.75, 3.05) is 15.8 Å². The van der Waals surface area contributed by atoms with Crippen molar-refractivity contribution in [3.63, 3.8) is 0 Å². The first kappa shape index (κ1) is 18.9. The summed E-state index contributed by atoms with van der Waals surface area (Å²) >= 11 is 0. The van der Waals surface area contributed by atoms with Gasteiger partial charge in [0.15, 0.2) is 0 Å². The molecule has 0 amide bonds. The first-order chi connectivity index (χ1) is 14.7. The highest BCUT2D eigenvalue weighted by atomic mass is 16.6. The van der Waals surface area contributed by atoms with Gasteiger partial charge in [0.05, 0.1) is 16.3 Å². The molecular weight excluding hydrogens is 380 g/mol. The minimum absolute atomic E-state index is 0.0705. The molecule has 0 fully saturated rings. The minimum Gasteiger partial charge on any atom is -0.334 e. The van der Waals surface area contributed by atoms with E-state index in [1.807, 2.05) is 78.9 Å². The molecule has 3 aromatic carbocycles. The number of aromatic nitrogens is 2. The van der Waals surface area contributed by atoms with Gasteiger partial charge in [-0.1, -0.05) is 54.6 Å². The molecule has 0 saturated heterocycles. The van der Waals surface area contributed by atoms with Crippen LogP contribution in [0.4, 0.5) is 34.4 Å². The molecule has 0 saturated carbocycles. The predicted octanol–water partition coefficient (Wildman–Crippen LogP) is 5.29. The van der Waals surface area contributed by atoms with Gasteiger partial charge in [-0.25, -0.2) is 9.97 Å². The van der Waals surface area contributed by atoms with Crippen LogP contribution in [0.3, 0.4) is 0 Å². The smallest absolute Gasteiger partial charge is 0.334 e. The molecule has 30 heavy (non-hydrogen) atoms. The van der Waals surface area contributed by atoms with Gasteiger partial charge in [-0.3, -0.25) is 20.5 Å². The van der Waals surface area contributed by atoms with Crippen molar-refractivity contribution in [3.05, 3.63) is 107 Å². The van der Waals surface area contributed by atoms with Crippen LogP contribution in [0, 0.1) is 10.1 Å². The van der Waals surface area contributed by atoms with E-state index in [-0.39, 0.29) is 17.3 Å². The molecule has 0 atom stereocenters. The number of nitro groups is 1. The Balaban J connectivity index is 1.75.